The summed E-state index contributed by atoms with van der Waals surface area (Å²) in [4.78, 5) is 12.1. The molecule has 0 heterocycles. The van der Waals surface area contributed by atoms with Crippen molar-refractivity contribution in [2.75, 3.05) is 21.6 Å². The minimum Gasteiger partial charge on any atom is -0.308 e. The van der Waals surface area contributed by atoms with Gasteiger partial charge in [0.25, 0.3) is 10.0 Å². The lowest BCUT2D eigenvalue weighted by Gasteiger charge is -2.14. The topological polar surface area (TPSA) is 121 Å². The first kappa shape index (κ1) is 21.3. The van der Waals surface area contributed by atoms with E-state index >= 15 is 0 Å². The normalized spacial score (nSPS) is 11.5. The van der Waals surface area contributed by atoms with Crippen molar-refractivity contribution in [3.05, 3.63) is 78.9 Å². The van der Waals surface area contributed by atoms with Crippen molar-refractivity contribution in [1.82, 2.24) is 0 Å². The Labute approximate surface area is 174 Å². The SMILES string of the molecule is CS(=O)(=O)c1ccc(S(=O)(=O)Nc2ccccc2NC(=O)Nc2ccccc2)cc1. The first-order chi connectivity index (χ1) is 14.1. The summed E-state index contributed by atoms with van der Waals surface area (Å²) >= 11 is 0. The van der Waals surface area contributed by atoms with Crippen molar-refractivity contribution in [3.63, 3.8) is 0 Å². The smallest absolute Gasteiger partial charge is 0.308 e. The first-order valence-electron chi connectivity index (χ1n) is 8.70. The van der Waals surface area contributed by atoms with Gasteiger partial charge in [-0.05, 0) is 48.5 Å². The van der Waals surface area contributed by atoms with Crippen LogP contribution < -0.4 is 15.4 Å². The second-order valence-corrected chi connectivity index (χ2v) is 10.0. The summed E-state index contributed by atoms with van der Waals surface area (Å²) in [6.07, 6.45) is 1.04. The number of para-hydroxylation sites is 3. The van der Waals surface area contributed by atoms with E-state index in [0.717, 1.165) is 6.26 Å². The monoisotopic (exact) mass is 445 g/mol. The van der Waals surface area contributed by atoms with Gasteiger partial charge in [-0.25, -0.2) is 21.6 Å². The van der Waals surface area contributed by atoms with Gasteiger partial charge in [-0.2, -0.15) is 0 Å². The molecule has 0 radical (unpaired) electrons. The summed E-state index contributed by atoms with van der Waals surface area (Å²) in [7, 11) is -7.45. The van der Waals surface area contributed by atoms with Gasteiger partial charge in [0, 0.05) is 11.9 Å². The van der Waals surface area contributed by atoms with Crippen LogP contribution in [-0.4, -0.2) is 29.1 Å². The molecule has 0 saturated heterocycles. The maximum absolute atomic E-state index is 12.7. The molecule has 3 aromatic carbocycles. The molecular formula is C20H19N3O5S2. The van der Waals surface area contributed by atoms with E-state index in [1.807, 2.05) is 6.07 Å². The second-order valence-electron chi connectivity index (χ2n) is 6.34. The number of hydrogen-bond acceptors (Lipinski definition) is 5. The van der Waals surface area contributed by atoms with Crippen molar-refractivity contribution in [2.45, 2.75) is 9.79 Å². The van der Waals surface area contributed by atoms with Crippen LogP contribution in [0.15, 0.2) is 88.7 Å². The summed E-state index contributed by atoms with van der Waals surface area (Å²) in [5.74, 6) is 0. The van der Waals surface area contributed by atoms with E-state index in [-0.39, 0.29) is 21.2 Å². The van der Waals surface area contributed by atoms with Gasteiger partial charge >= 0.3 is 6.03 Å². The van der Waals surface area contributed by atoms with Crippen LogP contribution in [0.25, 0.3) is 0 Å². The quantitative estimate of drug-likeness (QED) is 0.536. The Kier molecular flexibility index (Phi) is 6.09. The fourth-order valence-electron chi connectivity index (χ4n) is 2.56. The number of benzene rings is 3. The molecule has 0 aliphatic heterocycles. The number of rotatable bonds is 6. The highest BCUT2D eigenvalue weighted by Gasteiger charge is 2.18. The Hall–Kier alpha value is -3.37. The van der Waals surface area contributed by atoms with Gasteiger partial charge in [0.15, 0.2) is 9.84 Å². The van der Waals surface area contributed by atoms with Crippen molar-refractivity contribution < 1.29 is 21.6 Å². The van der Waals surface area contributed by atoms with Crippen LogP contribution in [0.3, 0.4) is 0 Å². The molecule has 3 aromatic rings. The number of sulfonamides is 1. The van der Waals surface area contributed by atoms with E-state index in [4.69, 9.17) is 0 Å². The third-order valence-corrected chi connectivity index (χ3v) is 6.52. The van der Waals surface area contributed by atoms with Crippen molar-refractivity contribution >= 4 is 43.0 Å². The summed E-state index contributed by atoms with van der Waals surface area (Å²) in [6.45, 7) is 0. The maximum Gasteiger partial charge on any atom is 0.323 e. The van der Waals surface area contributed by atoms with Crippen LogP contribution in [0, 0.1) is 0 Å². The van der Waals surface area contributed by atoms with Gasteiger partial charge in [-0.15, -0.1) is 0 Å². The van der Waals surface area contributed by atoms with Gasteiger partial charge in [-0.3, -0.25) is 4.72 Å². The zero-order valence-electron chi connectivity index (χ0n) is 15.9. The molecule has 0 aliphatic carbocycles. The van der Waals surface area contributed by atoms with E-state index in [9.17, 15) is 21.6 Å². The van der Waals surface area contributed by atoms with Gasteiger partial charge < -0.3 is 10.6 Å². The molecule has 8 nitrogen and oxygen atoms in total. The van der Waals surface area contributed by atoms with Crippen LogP contribution in [-0.2, 0) is 19.9 Å². The second kappa shape index (κ2) is 8.56. The van der Waals surface area contributed by atoms with Gasteiger partial charge in [0.2, 0.25) is 0 Å². The summed E-state index contributed by atoms with van der Waals surface area (Å²) < 4.78 is 50.9. The number of amides is 2. The number of sulfone groups is 1. The molecule has 0 bridgehead atoms. The molecular weight excluding hydrogens is 426 g/mol. The highest BCUT2D eigenvalue weighted by molar-refractivity contribution is 7.92. The minimum absolute atomic E-state index is 0.0149. The average Bonchev–Trinajstić information content (AvgIpc) is 2.69. The molecule has 0 aromatic heterocycles. The molecule has 0 fully saturated rings. The predicted molar refractivity (Wildman–Crippen MR) is 116 cm³/mol. The number of carbonyl (C=O) groups excluding carboxylic acids is 1. The van der Waals surface area contributed by atoms with Gasteiger partial charge in [0.05, 0.1) is 21.2 Å². The minimum atomic E-state index is -4.01. The highest BCUT2D eigenvalue weighted by Crippen LogP contribution is 2.25. The van der Waals surface area contributed by atoms with E-state index in [1.54, 1.807) is 42.5 Å². The lowest BCUT2D eigenvalue weighted by atomic mass is 10.3. The summed E-state index contributed by atoms with van der Waals surface area (Å²) in [5.41, 5.74) is 0.995. The van der Waals surface area contributed by atoms with Gasteiger partial charge in [0.1, 0.15) is 0 Å². The van der Waals surface area contributed by atoms with Crippen LogP contribution in [0.1, 0.15) is 0 Å². The van der Waals surface area contributed by atoms with Crippen molar-refractivity contribution in [2.24, 2.45) is 0 Å². The van der Waals surface area contributed by atoms with Crippen LogP contribution in [0.4, 0.5) is 21.9 Å². The predicted octanol–water partition coefficient (Wildman–Crippen LogP) is 3.53. The van der Waals surface area contributed by atoms with Crippen molar-refractivity contribution in [3.8, 4) is 0 Å². The fourth-order valence-corrected chi connectivity index (χ4v) is 4.27. The van der Waals surface area contributed by atoms with E-state index in [2.05, 4.69) is 15.4 Å². The molecule has 0 spiro atoms. The number of urea groups is 1. The zero-order chi connectivity index (χ0) is 21.8. The van der Waals surface area contributed by atoms with E-state index in [1.165, 1.54) is 30.3 Å². The molecule has 0 aliphatic rings. The highest BCUT2D eigenvalue weighted by atomic mass is 32.2. The number of hydrogen-bond donors (Lipinski definition) is 3. The zero-order valence-corrected chi connectivity index (χ0v) is 17.5. The lowest BCUT2D eigenvalue weighted by Crippen LogP contribution is -2.21. The molecule has 30 heavy (non-hydrogen) atoms. The Balaban J connectivity index is 1.79. The molecule has 3 N–H and O–H groups in total. The largest absolute Gasteiger partial charge is 0.323 e. The van der Waals surface area contributed by atoms with Gasteiger partial charge in [-0.1, -0.05) is 30.3 Å². The third kappa shape index (κ3) is 5.37. The van der Waals surface area contributed by atoms with Crippen LogP contribution in [0.2, 0.25) is 0 Å². The summed E-state index contributed by atoms with van der Waals surface area (Å²) in [6, 6.07) is 19.4. The standard InChI is InChI=1S/C20H19N3O5S2/c1-29(25,26)16-11-13-17(14-12-16)30(27,28)23-19-10-6-5-9-18(19)22-20(24)21-15-7-3-2-4-8-15/h2-14,23H,1H3,(H2,21,22,24). The molecule has 156 valence electrons. The summed E-state index contributed by atoms with van der Waals surface area (Å²) in [5, 5.41) is 5.25. The Morgan fingerprint density at radius 3 is 1.80 bits per heavy atom. The Morgan fingerprint density at radius 2 is 1.20 bits per heavy atom. The number of anilines is 3. The van der Waals surface area contributed by atoms with E-state index < -0.39 is 25.9 Å². The third-order valence-electron chi connectivity index (χ3n) is 4.01. The first-order valence-corrected chi connectivity index (χ1v) is 12.1. The maximum atomic E-state index is 12.7. The molecule has 0 atom stereocenters. The average molecular weight is 446 g/mol. The number of nitrogens with one attached hydrogen (secondary N) is 3. The lowest BCUT2D eigenvalue weighted by molar-refractivity contribution is 0.262. The molecule has 0 unspecified atom stereocenters. The number of carbonyl (C=O) groups is 1. The molecule has 10 heteroatoms. The van der Waals surface area contributed by atoms with Crippen molar-refractivity contribution in [1.29, 1.82) is 0 Å². The molecule has 0 saturated carbocycles. The van der Waals surface area contributed by atoms with Crippen LogP contribution in [0.5, 0.6) is 0 Å². The Bertz CT molecular complexity index is 1260. The van der Waals surface area contributed by atoms with Crippen LogP contribution >= 0.6 is 0 Å². The van der Waals surface area contributed by atoms with E-state index in [0.29, 0.717) is 5.69 Å². The molecule has 2 amide bonds. The molecule has 3 rings (SSSR count). The fraction of sp³-hybridized carbons (Fsp3) is 0.0500. The Morgan fingerprint density at radius 1 is 0.667 bits per heavy atom.